The molecule has 0 saturated carbocycles. The van der Waals surface area contributed by atoms with E-state index in [9.17, 15) is 0 Å². The van der Waals surface area contributed by atoms with E-state index in [-0.39, 0.29) is 36.8 Å². The van der Waals surface area contributed by atoms with Crippen molar-refractivity contribution in [3.05, 3.63) is 284 Å². The van der Waals surface area contributed by atoms with Crippen LogP contribution in [0.15, 0.2) is 249 Å². The number of aromatic nitrogens is 3. The van der Waals surface area contributed by atoms with Crippen LogP contribution in [-0.2, 0) is 20.1 Å². The molecule has 0 atom stereocenters. The van der Waals surface area contributed by atoms with Gasteiger partial charge in [0.25, 0.3) is 0 Å². The van der Waals surface area contributed by atoms with E-state index in [4.69, 9.17) is 12.3 Å². The summed E-state index contributed by atoms with van der Waals surface area (Å²) < 4.78 is 70.8. The summed E-state index contributed by atoms with van der Waals surface area (Å²) in [5.41, 5.74) is 20.2. The third-order valence-electron chi connectivity index (χ3n) is 13.6. The average molecular weight is 1160 g/mol. The number of nitrogens with zero attached hydrogens (tertiary/aromatic N) is 3. The van der Waals surface area contributed by atoms with Crippen molar-refractivity contribution in [2.45, 2.75) is 20.6 Å². The molecule has 0 unspecified atom stereocenters. The van der Waals surface area contributed by atoms with Crippen LogP contribution in [0.5, 0.6) is 0 Å². The number of benzene rings is 9. The van der Waals surface area contributed by atoms with Crippen molar-refractivity contribution in [1.82, 2.24) is 15.0 Å². The molecule has 12 rings (SSSR count). The Balaban J connectivity index is 0.00000752. The summed E-state index contributed by atoms with van der Waals surface area (Å²) in [7, 11) is 0. The summed E-state index contributed by atoms with van der Waals surface area (Å²) in [6.07, 6.45) is 4.21. The molecular formula is C72H50IrN3. The molecule has 3 nitrogen and oxygen atoms in total. The molecule has 3 heterocycles. The third kappa shape index (κ3) is 10.3. The smallest absolute Gasteiger partial charge is 0.304 e. The van der Waals surface area contributed by atoms with Crippen LogP contribution >= 0.6 is 0 Å². The Morgan fingerprint density at radius 2 is 0.645 bits per heavy atom. The quantitative estimate of drug-likeness (QED) is 0.121. The molecule has 0 aliphatic heterocycles. The van der Waals surface area contributed by atoms with Crippen LogP contribution in [0.2, 0.25) is 0 Å². The fourth-order valence-corrected chi connectivity index (χ4v) is 9.77. The molecule has 9 aromatic carbocycles. The van der Waals surface area contributed by atoms with Crippen LogP contribution in [-0.4, -0.2) is 15.0 Å². The van der Waals surface area contributed by atoms with Crippen LogP contribution in [0.1, 0.15) is 29.0 Å². The van der Waals surface area contributed by atoms with Gasteiger partial charge in [-0.05, 0) is 123 Å². The van der Waals surface area contributed by atoms with Gasteiger partial charge < -0.3 is 15.0 Å². The maximum atomic E-state index is 7.97. The molecule has 12 aromatic rings. The molecule has 0 bridgehead atoms. The molecule has 3 aromatic heterocycles. The molecule has 0 aliphatic carbocycles. The van der Waals surface area contributed by atoms with Crippen molar-refractivity contribution in [2.24, 2.45) is 0 Å². The molecule has 0 fully saturated rings. The van der Waals surface area contributed by atoms with Crippen molar-refractivity contribution in [2.75, 3.05) is 0 Å². The second-order valence-electron chi connectivity index (χ2n) is 18.3. The van der Waals surface area contributed by atoms with Crippen molar-refractivity contribution in [3.8, 4) is 123 Å². The molecule has 0 amide bonds. The third-order valence-corrected chi connectivity index (χ3v) is 13.6. The van der Waals surface area contributed by atoms with Gasteiger partial charge in [0.2, 0.25) is 0 Å². The van der Waals surface area contributed by atoms with E-state index in [2.05, 4.69) is 142 Å². The van der Waals surface area contributed by atoms with Gasteiger partial charge in [-0.15, -0.1) is 83.4 Å². The first-order valence-corrected chi connectivity index (χ1v) is 24.6. The fourth-order valence-electron chi connectivity index (χ4n) is 9.77. The van der Waals surface area contributed by atoms with Gasteiger partial charge in [-0.3, -0.25) is 0 Å². The number of hydrogen-bond donors (Lipinski definition) is 0. The Morgan fingerprint density at radius 3 is 1.07 bits per heavy atom. The second-order valence-corrected chi connectivity index (χ2v) is 18.3. The van der Waals surface area contributed by atoms with E-state index < -0.39 is 20.6 Å². The minimum absolute atomic E-state index is 0. The first kappa shape index (κ1) is 39.5. The summed E-state index contributed by atoms with van der Waals surface area (Å²) in [4.78, 5) is 13.6. The van der Waals surface area contributed by atoms with Gasteiger partial charge in [0, 0.05) is 30.9 Å². The largest absolute Gasteiger partial charge is 3.00 e. The zero-order chi connectivity index (χ0) is 58.2. The zero-order valence-corrected chi connectivity index (χ0v) is 43.2. The van der Waals surface area contributed by atoms with Gasteiger partial charge in [0.15, 0.2) is 0 Å². The maximum Gasteiger partial charge on any atom is 3.00 e. The van der Waals surface area contributed by atoms with Crippen molar-refractivity contribution in [3.63, 3.8) is 0 Å². The van der Waals surface area contributed by atoms with E-state index in [1.807, 2.05) is 84.9 Å². The van der Waals surface area contributed by atoms with Crippen molar-refractivity contribution >= 4 is 0 Å². The molecule has 4 heteroatoms. The second kappa shape index (κ2) is 21.9. The normalized spacial score (nSPS) is 13.2. The number of pyridine rings is 3. The molecule has 76 heavy (non-hydrogen) atoms. The maximum absolute atomic E-state index is 7.97. The van der Waals surface area contributed by atoms with E-state index in [0.29, 0.717) is 22.6 Å². The van der Waals surface area contributed by atoms with Crippen LogP contribution in [0.3, 0.4) is 0 Å². The average Bonchev–Trinajstić information content (AvgIpc) is 3.71. The first-order valence-electron chi connectivity index (χ1n) is 29.1. The molecular weight excluding hydrogens is 1100 g/mol. The molecule has 0 spiro atoms. The summed E-state index contributed by atoms with van der Waals surface area (Å²) in [6, 6.07) is 86.9. The number of rotatable bonds is 11. The standard InChI is InChI=1S/C72H50N3.Ir/c1-48-21-38-70(73-45-48)56-32-28-53(29-33-56)62-15-7-9-17-64(62)59-41-60(65-18-10-8-16-63(65)54-30-34-57(35-31-54)71-39-22-49(2)46-74-71)43-61(42-59)66-19-11-12-20-67(66)68-37-36-58(72-40-23-50(3)47-75-72)44-69(68)55-26-24-52(25-27-55)51-13-5-4-6-14-51;/h4-32,34,37-47H,1-3H3;/q-3;+3/i1D3,2D3,3D3;. The predicted octanol–water partition coefficient (Wildman–Crippen LogP) is 18.5. The molecule has 0 radical (unpaired) electrons. The number of hydrogen-bond acceptors (Lipinski definition) is 3. The minimum atomic E-state index is -2.29. The Hall–Kier alpha value is -8.92. The molecule has 0 saturated heterocycles. The van der Waals surface area contributed by atoms with E-state index >= 15 is 0 Å². The molecule has 0 aliphatic rings. The first-order chi connectivity index (χ1) is 40.5. The van der Waals surface area contributed by atoms with Crippen molar-refractivity contribution < 1.29 is 32.4 Å². The predicted molar refractivity (Wildman–Crippen MR) is 310 cm³/mol. The van der Waals surface area contributed by atoms with Gasteiger partial charge in [0.1, 0.15) is 0 Å². The van der Waals surface area contributed by atoms with E-state index in [1.165, 1.54) is 18.6 Å². The van der Waals surface area contributed by atoms with E-state index in [1.54, 1.807) is 36.4 Å². The molecule has 362 valence electrons. The Bertz CT molecular complexity index is 4150. The van der Waals surface area contributed by atoms with Crippen molar-refractivity contribution in [1.29, 1.82) is 0 Å². The zero-order valence-electron chi connectivity index (χ0n) is 49.8. The van der Waals surface area contributed by atoms with Crippen LogP contribution in [0.4, 0.5) is 0 Å². The SMILES string of the molecule is [2H]C([2H])([2H])c1ccc(-c2[c-]cc(-c3ccccc3-c3cc(-c4ccccc4-c4c[c-]c(-c5ccc(C([2H])([2H])[2H])cn5)cc4)cc(-c4ccccc4-c4c[c-]c(-c5ccc(C([2H])([2H])[2H])cn5)cc4-c4ccc(-c5ccccc5)cc4)c3)cc2)nc1.[Ir+3]. The summed E-state index contributed by atoms with van der Waals surface area (Å²) in [5, 5.41) is 0. The Kier molecular flexibility index (Phi) is 11.4. The fraction of sp³-hybridized carbons (Fsp3) is 0.0417. The summed E-state index contributed by atoms with van der Waals surface area (Å²) in [6.45, 7) is -6.80. The van der Waals surface area contributed by atoms with Crippen LogP contribution in [0, 0.1) is 38.8 Å². The minimum Gasteiger partial charge on any atom is -0.304 e. The van der Waals surface area contributed by atoms with E-state index in [0.717, 1.165) is 100 Å². The van der Waals surface area contributed by atoms with Crippen LogP contribution in [0.25, 0.3) is 123 Å². The van der Waals surface area contributed by atoms with Gasteiger partial charge >= 0.3 is 20.1 Å². The Morgan fingerprint density at radius 1 is 0.276 bits per heavy atom. The summed E-state index contributed by atoms with van der Waals surface area (Å²) in [5.74, 6) is 0. The topological polar surface area (TPSA) is 38.7 Å². The van der Waals surface area contributed by atoms with Gasteiger partial charge in [0.05, 0.1) is 0 Å². The summed E-state index contributed by atoms with van der Waals surface area (Å²) >= 11 is 0. The van der Waals surface area contributed by atoms with Gasteiger partial charge in [-0.25, -0.2) is 0 Å². The van der Waals surface area contributed by atoms with Gasteiger partial charge in [-0.2, -0.15) is 0 Å². The Labute approximate surface area is 472 Å². The number of aryl methyl sites for hydroxylation is 3. The van der Waals surface area contributed by atoms with Gasteiger partial charge in [-0.1, -0.05) is 203 Å². The molecule has 0 N–H and O–H groups in total. The van der Waals surface area contributed by atoms with Crippen LogP contribution < -0.4 is 0 Å². The monoisotopic (exact) mass is 1160 g/mol.